The average Bonchev–Trinajstić information content (AvgIpc) is 2.41. The zero-order valence-corrected chi connectivity index (χ0v) is 9.92. The molecule has 1 aromatic heterocycles. The maximum absolute atomic E-state index is 13.6. The number of anilines is 2. The molecule has 1 aromatic carbocycles. The molecule has 98 valence electrons. The van der Waals surface area contributed by atoms with E-state index in [9.17, 15) is 9.18 Å². The molecular weight excluding hydrogens is 253 g/mol. The molecule has 2 rings (SSSR count). The summed E-state index contributed by atoms with van der Waals surface area (Å²) in [7, 11) is 1.46. The molecule has 7 heteroatoms. The lowest BCUT2D eigenvalue weighted by Gasteiger charge is -2.08. The molecule has 0 aliphatic carbocycles. The minimum absolute atomic E-state index is 0.121. The summed E-state index contributed by atoms with van der Waals surface area (Å²) in [5.74, 6) is -1.12. The second-order valence-electron chi connectivity index (χ2n) is 3.57. The summed E-state index contributed by atoms with van der Waals surface area (Å²) in [4.78, 5) is 18.2. The highest BCUT2D eigenvalue weighted by atomic mass is 19.1. The molecule has 0 atom stereocenters. The number of carboxylic acids is 1. The van der Waals surface area contributed by atoms with Crippen molar-refractivity contribution in [3.05, 3.63) is 42.1 Å². The lowest BCUT2D eigenvalue weighted by Crippen LogP contribution is -2.04. The molecule has 0 bridgehead atoms. The van der Waals surface area contributed by atoms with Crippen LogP contribution in [0.3, 0.4) is 0 Å². The lowest BCUT2D eigenvalue weighted by molar-refractivity contribution is 0.0690. The van der Waals surface area contributed by atoms with E-state index in [1.165, 1.54) is 31.5 Å². The second-order valence-corrected chi connectivity index (χ2v) is 3.57. The van der Waals surface area contributed by atoms with Crippen molar-refractivity contribution in [1.82, 2.24) is 9.97 Å². The third-order valence-corrected chi connectivity index (χ3v) is 2.29. The molecule has 0 aliphatic heterocycles. The molecule has 2 N–H and O–H groups in total. The number of halogens is 1. The van der Waals surface area contributed by atoms with Gasteiger partial charge >= 0.3 is 5.97 Å². The van der Waals surface area contributed by atoms with Crippen molar-refractivity contribution in [3.8, 4) is 5.75 Å². The summed E-state index contributed by atoms with van der Waals surface area (Å²) in [6.45, 7) is 0. The molecule has 1 heterocycles. The predicted octanol–water partition coefficient (Wildman–Crippen LogP) is 2.07. The standard InChI is InChI=1S/C12H10FN3O3/c1-19-7-2-3-8(13)9(4-7)15-11-6-14-5-10(16-11)12(17)18/h2-6H,1H3,(H,15,16)(H,17,18). The van der Waals surface area contributed by atoms with Crippen LogP contribution in [-0.2, 0) is 0 Å². The molecular formula is C12H10FN3O3. The van der Waals surface area contributed by atoms with Crippen molar-refractivity contribution in [2.24, 2.45) is 0 Å². The van der Waals surface area contributed by atoms with Gasteiger partial charge in [-0.25, -0.2) is 14.2 Å². The highest BCUT2D eigenvalue weighted by Crippen LogP contribution is 2.23. The molecule has 0 radical (unpaired) electrons. The highest BCUT2D eigenvalue weighted by molar-refractivity contribution is 5.85. The summed E-state index contributed by atoms with van der Waals surface area (Å²) in [5.41, 5.74) is -0.107. The summed E-state index contributed by atoms with van der Waals surface area (Å²) in [6, 6.07) is 4.14. The number of nitrogens with zero attached hydrogens (tertiary/aromatic N) is 2. The fraction of sp³-hybridized carbons (Fsp3) is 0.0833. The first-order valence-electron chi connectivity index (χ1n) is 5.26. The molecule has 19 heavy (non-hydrogen) atoms. The van der Waals surface area contributed by atoms with Gasteiger partial charge in [0, 0.05) is 6.07 Å². The first-order valence-corrected chi connectivity index (χ1v) is 5.26. The first kappa shape index (κ1) is 12.7. The largest absolute Gasteiger partial charge is 0.497 e. The molecule has 0 aliphatic rings. The smallest absolute Gasteiger partial charge is 0.356 e. The van der Waals surface area contributed by atoms with Crippen LogP contribution in [0.25, 0.3) is 0 Å². The quantitative estimate of drug-likeness (QED) is 0.878. The first-order chi connectivity index (χ1) is 9.10. The average molecular weight is 263 g/mol. The Bertz CT molecular complexity index is 619. The Kier molecular flexibility index (Phi) is 3.56. The van der Waals surface area contributed by atoms with Crippen LogP contribution in [0.15, 0.2) is 30.6 Å². The Hall–Kier alpha value is -2.70. The fourth-order valence-corrected chi connectivity index (χ4v) is 1.39. The van der Waals surface area contributed by atoms with Crippen LogP contribution in [0.1, 0.15) is 10.5 Å². The molecule has 0 amide bonds. The molecule has 0 spiro atoms. The zero-order valence-electron chi connectivity index (χ0n) is 9.92. The van der Waals surface area contributed by atoms with E-state index in [-0.39, 0.29) is 17.2 Å². The number of benzene rings is 1. The minimum Gasteiger partial charge on any atom is -0.497 e. The number of hydrogen-bond donors (Lipinski definition) is 2. The fourth-order valence-electron chi connectivity index (χ4n) is 1.39. The Balaban J connectivity index is 2.30. The van der Waals surface area contributed by atoms with Crippen LogP contribution in [0, 0.1) is 5.82 Å². The van der Waals surface area contributed by atoms with E-state index in [4.69, 9.17) is 9.84 Å². The summed E-state index contributed by atoms with van der Waals surface area (Å²) in [6.07, 6.45) is 2.40. The van der Waals surface area contributed by atoms with E-state index in [0.717, 1.165) is 6.20 Å². The Morgan fingerprint density at radius 2 is 2.21 bits per heavy atom. The van der Waals surface area contributed by atoms with Crippen LogP contribution in [0.2, 0.25) is 0 Å². The van der Waals surface area contributed by atoms with Crippen LogP contribution in [-0.4, -0.2) is 28.2 Å². The van der Waals surface area contributed by atoms with Crippen LogP contribution in [0.4, 0.5) is 15.9 Å². The van der Waals surface area contributed by atoms with Gasteiger partial charge in [-0.2, -0.15) is 0 Å². The number of aromatic carboxylic acids is 1. The minimum atomic E-state index is -1.21. The van der Waals surface area contributed by atoms with Gasteiger partial charge in [-0.3, -0.25) is 4.98 Å². The van der Waals surface area contributed by atoms with Gasteiger partial charge < -0.3 is 15.2 Å². The molecule has 2 aromatic rings. The zero-order chi connectivity index (χ0) is 13.8. The van der Waals surface area contributed by atoms with Crippen molar-refractivity contribution in [2.45, 2.75) is 0 Å². The maximum atomic E-state index is 13.6. The van der Waals surface area contributed by atoms with Crippen molar-refractivity contribution in [2.75, 3.05) is 12.4 Å². The van der Waals surface area contributed by atoms with E-state index < -0.39 is 11.8 Å². The SMILES string of the molecule is COc1ccc(F)c(Nc2cncc(C(=O)O)n2)c1. The molecule has 0 fully saturated rings. The Morgan fingerprint density at radius 1 is 1.42 bits per heavy atom. The van der Waals surface area contributed by atoms with Gasteiger partial charge in [-0.1, -0.05) is 0 Å². The summed E-state index contributed by atoms with van der Waals surface area (Å²) >= 11 is 0. The van der Waals surface area contributed by atoms with Crippen LogP contribution < -0.4 is 10.1 Å². The number of carbonyl (C=O) groups is 1. The number of rotatable bonds is 4. The van der Waals surface area contributed by atoms with Gasteiger partial charge in [0.1, 0.15) is 17.4 Å². The van der Waals surface area contributed by atoms with Gasteiger partial charge in [-0.05, 0) is 12.1 Å². The topological polar surface area (TPSA) is 84.3 Å². The van der Waals surface area contributed by atoms with E-state index >= 15 is 0 Å². The maximum Gasteiger partial charge on any atom is 0.356 e. The van der Waals surface area contributed by atoms with Gasteiger partial charge in [0.05, 0.1) is 25.2 Å². The Labute approximate surface area is 107 Å². The van der Waals surface area contributed by atoms with Crippen LogP contribution in [0.5, 0.6) is 5.75 Å². The number of nitrogens with one attached hydrogen (secondary N) is 1. The van der Waals surface area contributed by atoms with Crippen LogP contribution >= 0.6 is 0 Å². The third-order valence-electron chi connectivity index (χ3n) is 2.29. The van der Waals surface area contributed by atoms with Crippen molar-refractivity contribution in [3.63, 3.8) is 0 Å². The number of aromatic nitrogens is 2. The highest BCUT2D eigenvalue weighted by Gasteiger charge is 2.09. The lowest BCUT2D eigenvalue weighted by atomic mass is 10.3. The predicted molar refractivity (Wildman–Crippen MR) is 65.2 cm³/mol. The number of methoxy groups -OCH3 is 1. The molecule has 0 saturated carbocycles. The van der Waals surface area contributed by atoms with Gasteiger partial charge in [-0.15, -0.1) is 0 Å². The molecule has 0 unspecified atom stereocenters. The Morgan fingerprint density at radius 3 is 2.89 bits per heavy atom. The summed E-state index contributed by atoms with van der Waals surface area (Å²) in [5, 5.41) is 11.4. The van der Waals surface area contributed by atoms with Gasteiger partial charge in [0.15, 0.2) is 5.69 Å². The number of ether oxygens (including phenoxy) is 1. The van der Waals surface area contributed by atoms with E-state index in [0.29, 0.717) is 5.75 Å². The second kappa shape index (κ2) is 5.30. The van der Waals surface area contributed by atoms with Crippen molar-refractivity contribution < 1.29 is 19.0 Å². The summed E-state index contributed by atoms with van der Waals surface area (Å²) < 4.78 is 18.5. The third kappa shape index (κ3) is 2.95. The van der Waals surface area contributed by atoms with E-state index in [2.05, 4.69) is 15.3 Å². The number of carboxylic acid groups (broad SMARTS) is 1. The van der Waals surface area contributed by atoms with Gasteiger partial charge in [0.25, 0.3) is 0 Å². The van der Waals surface area contributed by atoms with E-state index in [1.54, 1.807) is 0 Å². The van der Waals surface area contributed by atoms with Gasteiger partial charge in [0.2, 0.25) is 0 Å². The van der Waals surface area contributed by atoms with Crippen molar-refractivity contribution in [1.29, 1.82) is 0 Å². The normalized spacial score (nSPS) is 10.0. The van der Waals surface area contributed by atoms with E-state index in [1.807, 2.05) is 0 Å². The molecule has 0 saturated heterocycles. The number of hydrogen-bond acceptors (Lipinski definition) is 5. The van der Waals surface area contributed by atoms with Crippen molar-refractivity contribution >= 4 is 17.5 Å². The molecule has 6 nitrogen and oxygen atoms in total. The monoisotopic (exact) mass is 263 g/mol.